The van der Waals surface area contributed by atoms with E-state index in [1.54, 1.807) is 22.7 Å². The van der Waals surface area contributed by atoms with Crippen molar-refractivity contribution in [2.24, 2.45) is 0 Å². The number of para-hydroxylation sites is 1. The molecule has 0 atom stereocenters. The summed E-state index contributed by atoms with van der Waals surface area (Å²) >= 11 is 3.26. The molecule has 6 aromatic rings. The lowest BCUT2D eigenvalue weighted by atomic mass is 10.0. The summed E-state index contributed by atoms with van der Waals surface area (Å²) in [5.41, 5.74) is 4.85. The third-order valence-corrected chi connectivity index (χ3v) is 9.08. The molecule has 7 heteroatoms. The van der Waals surface area contributed by atoms with Crippen molar-refractivity contribution in [1.29, 1.82) is 0 Å². The van der Waals surface area contributed by atoms with Crippen LogP contribution >= 0.6 is 22.7 Å². The molecule has 0 fully saturated rings. The van der Waals surface area contributed by atoms with Gasteiger partial charge in [-0.3, -0.25) is 4.79 Å². The van der Waals surface area contributed by atoms with Gasteiger partial charge in [-0.25, -0.2) is 4.98 Å². The minimum Gasteiger partial charge on any atom is -0.454 e. The van der Waals surface area contributed by atoms with Crippen LogP contribution in [0.5, 0.6) is 11.5 Å². The Balaban J connectivity index is 1.31. The molecule has 0 saturated heterocycles. The maximum absolute atomic E-state index is 13.6. The first-order valence-corrected chi connectivity index (χ1v) is 13.9. The van der Waals surface area contributed by atoms with Crippen molar-refractivity contribution >= 4 is 54.6 Å². The molecule has 38 heavy (non-hydrogen) atoms. The smallest absolute Gasteiger partial charge is 0.256 e. The highest BCUT2D eigenvalue weighted by atomic mass is 32.1. The van der Waals surface area contributed by atoms with Crippen LogP contribution in [0, 0.1) is 6.92 Å². The molecule has 3 heterocycles. The van der Waals surface area contributed by atoms with Crippen LogP contribution in [-0.4, -0.2) is 17.7 Å². The normalized spacial score (nSPS) is 12.3. The molecule has 1 aliphatic rings. The Labute approximate surface area is 227 Å². The highest BCUT2D eigenvalue weighted by Crippen LogP contribution is 2.45. The van der Waals surface area contributed by atoms with Gasteiger partial charge >= 0.3 is 0 Å². The molecule has 2 aromatic heterocycles. The summed E-state index contributed by atoms with van der Waals surface area (Å²) in [6.07, 6.45) is 0.717. The molecule has 7 rings (SSSR count). The van der Waals surface area contributed by atoms with Crippen LogP contribution in [0.3, 0.4) is 0 Å². The Kier molecular flexibility index (Phi) is 5.60. The molecule has 1 N–H and O–H groups in total. The molecule has 186 valence electrons. The summed E-state index contributed by atoms with van der Waals surface area (Å²) in [5.74, 6) is 1.42. The van der Waals surface area contributed by atoms with E-state index in [2.05, 4.69) is 24.4 Å². The highest BCUT2D eigenvalue weighted by Gasteiger charge is 2.23. The fourth-order valence-corrected chi connectivity index (χ4v) is 7.26. The van der Waals surface area contributed by atoms with E-state index in [-0.39, 0.29) is 12.7 Å². The molecule has 0 aliphatic carbocycles. The van der Waals surface area contributed by atoms with Gasteiger partial charge in [-0.1, -0.05) is 54.6 Å². The molecule has 5 nitrogen and oxygen atoms in total. The maximum atomic E-state index is 13.6. The Hall–Kier alpha value is -4.20. The van der Waals surface area contributed by atoms with Crippen molar-refractivity contribution in [2.75, 3.05) is 12.1 Å². The number of nitrogens with zero attached hydrogens (tertiary/aromatic N) is 1. The Morgan fingerprint density at radius 1 is 0.921 bits per heavy atom. The second-order valence-electron chi connectivity index (χ2n) is 9.19. The minimum atomic E-state index is -0.125. The first-order valence-electron chi connectivity index (χ1n) is 12.3. The van der Waals surface area contributed by atoms with Crippen LogP contribution in [0.25, 0.3) is 31.6 Å². The number of hydrogen-bond donors (Lipinski definition) is 1. The summed E-state index contributed by atoms with van der Waals surface area (Å²) in [5, 5.41) is 6.95. The zero-order valence-electron chi connectivity index (χ0n) is 20.5. The van der Waals surface area contributed by atoms with Crippen molar-refractivity contribution in [3.63, 3.8) is 0 Å². The Morgan fingerprint density at radius 2 is 1.74 bits per heavy atom. The predicted octanol–water partition coefficient (Wildman–Crippen LogP) is 8.06. The van der Waals surface area contributed by atoms with Crippen molar-refractivity contribution in [2.45, 2.75) is 13.3 Å². The van der Waals surface area contributed by atoms with E-state index in [4.69, 9.17) is 14.5 Å². The van der Waals surface area contributed by atoms with Crippen LogP contribution in [0.1, 0.15) is 26.4 Å². The lowest BCUT2D eigenvalue weighted by Crippen LogP contribution is -2.12. The van der Waals surface area contributed by atoms with Gasteiger partial charge in [0.15, 0.2) is 11.5 Å². The SMILES string of the molecule is Cc1c(Cc2ccc3c(c2)OCO3)sc(NC(=O)c2cccc3ccccc23)c1-c1nc2ccccc2s1. The summed E-state index contributed by atoms with van der Waals surface area (Å²) in [6, 6.07) is 28.0. The lowest BCUT2D eigenvalue weighted by molar-refractivity contribution is 0.102. The fraction of sp³-hybridized carbons (Fsp3) is 0.0968. The average molecular weight is 535 g/mol. The van der Waals surface area contributed by atoms with Gasteiger partial charge in [-0.05, 0) is 59.2 Å². The van der Waals surface area contributed by atoms with Gasteiger partial charge in [0.25, 0.3) is 5.91 Å². The molecule has 0 spiro atoms. The van der Waals surface area contributed by atoms with E-state index in [0.717, 1.165) is 65.6 Å². The number of amides is 1. The third kappa shape index (κ3) is 4.00. The largest absolute Gasteiger partial charge is 0.454 e. The van der Waals surface area contributed by atoms with Crippen LogP contribution in [-0.2, 0) is 6.42 Å². The van der Waals surface area contributed by atoms with Crippen LogP contribution in [0.4, 0.5) is 5.00 Å². The fourth-order valence-electron chi connectivity index (χ4n) is 4.88. The zero-order chi connectivity index (χ0) is 25.6. The number of fused-ring (bicyclic) bond motifs is 3. The van der Waals surface area contributed by atoms with Gasteiger partial charge in [-0.2, -0.15) is 0 Å². The molecular formula is C31H22N2O3S2. The van der Waals surface area contributed by atoms with E-state index in [9.17, 15) is 4.79 Å². The van der Waals surface area contributed by atoms with Gasteiger partial charge in [0, 0.05) is 22.4 Å². The number of anilines is 1. The van der Waals surface area contributed by atoms with E-state index in [1.807, 2.05) is 72.8 Å². The Morgan fingerprint density at radius 3 is 2.66 bits per heavy atom. The first kappa shape index (κ1) is 23.0. The minimum absolute atomic E-state index is 0.125. The molecule has 0 radical (unpaired) electrons. The van der Waals surface area contributed by atoms with Crippen molar-refractivity contribution in [3.8, 4) is 22.1 Å². The van der Waals surface area contributed by atoms with Crippen LogP contribution in [0.15, 0.2) is 84.9 Å². The van der Waals surface area contributed by atoms with E-state index in [1.165, 1.54) is 4.88 Å². The van der Waals surface area contributed by atoms with E-state index < -0.39 is 0 Å². The van der Waals surface area contributed by atoms with Gasteiger partial charge in [0.1, 0.15) is 10.0 Å². The molecule has 0 unspecified atom stereocenters. The number of benzene rings is 4. The van der Waals surface area contributed by atoms with Crippen LogP contribution < -0.4 is 14.8 Å². The van der Waals surface area contributed by atoms with Gasteiger partial charge < -0.3 is 14.8 Å². The summed E-state index contributed by atoms with van der Waals surface area (Å²) in [4.78, 5) is 19.8. The number of rotatable bonds is 5. The molecular weight excluding hydrogens is 512 g/mol. The number of thiazole rings is 1. The van der Waals surface area contributed by atoms with Gasteiger partial charge in [0.2, 0.25) is 6.79 Å². The summed E-state index contributed by atoms with van der Waals surface area (Å²) < 4.78 is 12.2. The predicted molar refractivity (Wildman–Crippen MR) is 155 cm³/mol. The number of carbonyl (C=O) groups excluding carboxylic acids is 1. The Bertz CT molecular complexity index is 1820. The highest BCUT2D eigenvalue weighted by molar-refractivity contribution is 7.23. The molecule has 0 bridgehead atoms. The quantitative estimate of drug-likeness (QED) is 0.243. The molecule has 0 saturated carbocycles. The summed E-state index contributed by atoms with van der Waals surface area (Å²) in [7, 11) is 0. The standard InChI is InChI=1S/C31H22N2O3S2/c1-18-27(16-19-13-14-24-25(15-19)36-17-35-24)38-31(28(18)30-32-23-11-4-5-12-26(23)37-30)33-29(34)22-10-6-8-20-7-2-3-9-21(20)22/h2-15H,16-17H2,1H3,(H,33,34). The molecule has 1 aliphatic heterocycles. The monoisotopic (exact) mass is 534 g/mol. The average Bonchev–Trinajstić information content (AvgIpc) is 3.65. The molecule has 1 amide bonds. The number of aromatic nitrogens is 1. The first-order chi connectivity index (χ1) is 18.6. The number of carbonyl (C=O) groups is 1. The van der Waals surface area contributed by atoms with E-state index in [0.29, 0.717) is 5.56 Å². The zero-order valence-corrected chi connectivity index (χ0v) is 22.1. The number of nitrogens with one attached hydrogen (secondary N) is 1. The number of ether oxygens (including phenoxy) is 2. The lowest BCUT2D eigenvalue weighted by Gasteiger charge is -2.08. The number of thiophene rings is 1. The topological polar surface area (TPSA) is 60.5 Å². The van der Waals surface area contributed by atoms with Gasteiger partial charge in [0.05, 0.1) is 10.2 Å². The van der Waals surface area contributed by atoms with Gasteiger partial charge in [-0.15, -0.1) is 22.7 Å². The van der Waals surface area contributed by atoms with Crippen molar-refractivity contribution in [1.82, 2.24) is 4.98 Å². The second-order valence-corrected chi connectivity index (χ2v) is 11.3. The van der Waals surface area contributed by atoms with Crippen LogP contribution in [0.2, 0.25) is 0 Å². The van der Waals surface area contributed by atoms with E-state index >= 15 is 0 Å². The van der Waals surface area contributed by atoms with Crippen molar-refractivity contribution in [3.05, 3.63) is 106 Å². The number of hydrogen-bond acceptors (Lipinski definition) is 6. The summed E-state index contributed by atoms with van der Waals surface area (Å²) in [6.45, 7) is 2.37. The van der Waals surface area contributed by atoms with Crippen molar-refractivity contribution < 1.29 is 14.3 Å². The third-order valence-electron chi connectivity index (χ3n) is 6.82. The molecule has 4 aromatic carbocycles. The second kappa shape index (κ2) is 9.28. The maximum Gasteiger partial charge on any atom is 0.256 e.